The van der Waals surface area contributed by atoms with E-state index >= 15 is 0 Å². The zero-order valence-corrected chi connectivity index (χ0v) is 23.2. The number of hydrogen-bond acceptors (Lipinski definition) is 8. The van der Waals surface area contributed by atoms with Gasteiger partial charge in [-0.1, -0.05) is 12.1 Å². The van der Waals surface area contributed by atoms with Crippen LogP contribution in [0.25, 0.3) is 0 Å². The number of rotatable bonds is 7. The molecule has 4 aliphatic rings. The molecule has 4 bridgehead atoms. The van der Waals surface area contributed by atoms with Gasteiger partial charge in [0.05, 0.1) is 19.2 Å². The molecule has 2 fully saturated rings. The van der Waals surface area contributed by atoms with Crippen LogP contribution in [-0.2, 0) is 22.7 Å². The van der Waals surface area contributed by atoms with E-state index in [4.69, 9.17) is 14.2 Å². The summed E-state index contributed by atoms with van der Waals surface area (Å²) in [7, 11) is 0. The molecule has 1 aliphatic carbocycles. The van der Waals surface area contributed by atoms with E-state index in [9.17, 15) is 14.4 Å². The van der Waals surface area contributed by atoms with Gasteiger partial charge in [0.25, 0.3) is 11.8 Å². The van der Waals surface area contributed by atoms with Gasteiger partial charge in [-0.2, -0.15) is 5.10 Å². The first-order valence-corrected chi connectivity index (χ1v) is 14.3. The fraction of sp³-hybridized carbons (Fsp3) is 0.433. The Morgan fingerprint density at radius 2 is 1.93 bits per heavy atom. The van der Waals surface area contributed by atoms with Crippen molar-refractivity contribution in [3.8, 4) is 17.2 Å². The van der Waals surface area contributed by atoms with Crippen LogP contribution in [0.4, 0.5) is 0 Å². The minimum atomic E-state index is -0.459. The third-order valence-corrected chi connectivity index (χ3v) is 7.58. The second-order valence-corrected chi connectivity index (χ2v) is 11.0. The number of nitrogens with one attached hydrogen (secondary N) is 2. The van der Waals surface area contributed by atoms with Crippen LogP contribution in [0.2, 0.25) is 0 Å². The number of nitrogens with zero attached hydrogens (tertiary/aromatic N) is 4. The summed E-state index contributed by atoms with van der Waals surface area (Å²) in [5.74, 6) is 1.36. The first-order chi connectivity index (χ1) is 20.5. The predicted octanol–water partition coefficient (Wildman–Crippen LogP) is 1.94. The average Bonchev–Trinajstić information content (AvgIpc) is 3.53. The van der Waals surface area contributed by atoms with Crippen LogP contribution in [0.1, 0.15) is 41.6 Å². The van der Waals surface area contributed by atoms with E-state index < -0.39 is 12.1 Å². The summed E-state index contributed by atoms with van der Waals surface area (Å²) in [6.45, 7) is 1.94. The molecule has 4 heterocycles. The van der Waals surface area contributed by atoms with Crippen molar-refractivity contribution in [1.29, 1.82) is 0 Å². The molecule has 2 N–H and O–H groups in total. The Bertz CT molecular complexity index is 1410. The maximum Gasteiger partial charge on any atom is 0.258 e. The molecule has 0 radical (unpaired) electrons. The Labute approximate surface area is 243 Å². The fourth-order valence-electron chi connectivity index (χ4n) is 5.02. The van der Waals surface area contributed by atoms with E-state index in [1.807, 2.05) is 24.3 Å². The minimum Gasteiger partial charge on any atom is -0.493 e. The quantitative estimate of drug-likeness (QED) is 0.437. The van der Waals surface area contributed by atoms with Crippen LogP contribution in [0.15, 0.2) is 55.1 Å². The molecule has 12 nitrogen and oxygen atoms in total. The molecule has 3 aromatic rings. The van der Waals surface area contributed by atoms with Crippen molar-refractivity contribution < 1.29 is 28.6 Å². The number of carbonyl (C=O) groups excluding carboxylic acids is 3. The molecule has 3 aliphatic heterocycles. The summed E-state index contributed by atoms with van der Waals surface area (Å²) in [5, 5.41) is 10.0. The van der Waals surface area contributed by atoms with Crippen molar-refractivity contribution >= 4 is 17.7 Å². The summed E-state index contributed by atoms with van der Waals surface area (Å²) < 4.78 is 19.7. The monoisotopic (exact) mass is 574 g/mol. The van der Waals surface area contributed by atoms with Gasteiger partial charge in [-0.05, 0) is 55.0 Å². The number of fused-ring (bicyclic) bond motifs is 7. The number of aryl methyl sites for hydroxylation is 1. The fourth-order valence-corrected chi connectivity index (χ4v) is 5.02. The van der Waals surface area contributed by atoms with Crippen molar-refractivity contribution in [2.75, 3.05) is 26.3 Å². The van der Waals surface area contributed by atoms with E-state index in [0.717, 1.165) is 18.4 Å². The van der Waals surface area contributed by atoms with E-state index in [1.54, 1.807) is 34.1 Å². The van der Waals surface area contributed by atoms with Crippen molar-refractivity contribution in [2.45, 2.75) is 50.9 Å². The highest BCUT2D eigenvalue weighted by Gasteiger charge is 2.38. The summed E-state index contributed by atoms with van der Waals surface area (Å²) in [6.07, 6.45) is 5.86. The van der Waals surface area contributed by atoms with Crippen molar-refractivity contribution in [3.05, 3.63) is 66.2 Å². The highest BCUT2D eigenvalue weighted by atomic mass is 16.5. The second kappa shape index (κ2) is 12.5. The second-order valence-electron chi connectivity index (χ2n) is 11.0. The Morgan fingerprint density at radius 3 is 2.71 bits per heavy atom. The molecule has 2 atom stereocenters. The first-order valence-electron chi connectivity index (χ1n) is 14.3. The number of hydrogen-bond donors (Lipinski definition) is 2. The van der Waals surface area contributed by atoms with Crippen molar-refractivity contribution in [3.63, 3.8) is 0 Å². The highest BCUT2D eigenvalue weighted by molar-refractivity contribution is 5.95. The van der Waals surface area contributed by atoms with Crippen LogP contribution in [0.5, 0.6) is 17.2 Å². The Balaban J connectivity index is 1.21. The topological polar surface area (TPSA) is 137 Å². The largest absolute Gasteiger partial charge is 0.493 e. The third-order valence-electron chi connectivity index (χ3n) is 7.58. The Morgan fingerprint density at radius 1 is 1.07 bits per heavy atom. The highest BCUT2D eigenvalue weighted by Crippen LogP contribution is 2.31. The number of likely N-dealkylation sites (tertiary alicyclic amines) is 1. The smallest absolute Gasteiger partial charge is 0.258 e. The molecule has 0 unspecified atom stereocenters. The summed E-state index contributed by atoms with van der Waals surface area (Å²) >= 11 is 0. The minimum absolute atomic E-state index is 0.0140. The molecule has 3 amide bonds. The molecule has 12 heteroatoms. The molecule has 1 saturated heterocycles. The maximum atomic E-state index is 13.6. The number of benzene rings is 2. The van der Waals surface area contributed by atoms with Gasteiger partial charge >= 0.3 is 0 Å². The van der Waals surface area contributed by atoms with E-state index in [-0.39, 0.29) is 24.3 Å². The lowest BCUT2D eigenvalue weighted by Gasteiger charge is -2.21. The standard InChI is InChI=1S/C30H34N6O6/c37-28-17-41-25-11-22(10-24(12-25)40-16-21-3-4-21)30(39)34-26-14-35(29(38)2-1-9-36-19-31-18-33-36)15-27(26)42-23-7-5-20(6-8-23)13-32-28/h5-8,10-12,18-19,21,26-27H,1-4,9,13-17H2,(H,32,37)(H,34,39)/t26-,27-/m0/s1. The SMILES string of the molecule is O=C1COc2cc(OCC3CC3)cc(c2)C(=O)N[C@H]2CN(C(=O)CCCn3cncn3)C[C@@H]2Oc2ccc(cc2)CN1. The molecule has 42 heavy (non-hydrogen) atoms. The van der Waals surface area contributed by atoms with Gasteiger partial charge in [0, 0.05) is 37.7 Å². The van der Waals surface area contributed by atoms with Crippen LogP contribution in [0.3, 0.4) is 0 Å². The number of aromatic nitrogens is 3. The van der Waals surface area contributed by atoms with Gasteiger partial charge in [0.1, 0.15) is 36.0 Å². The van der Waals surface area contributed by atoms with Crippen LogP contribution >= 0.6 is 0 Å². The summed E-state index contributed by atoms with van der Waals surface area (Å²) in [5.41, 5.74) is 1.24. The van der Waals surface area contributed by atoms with E-state index in [2.05, 4.69) is 20.7 Å². The number of ether oxygens (including phenoxy) is 3. The zero-order valence-electron chi connectivity index (χ0n) is 23.2. The van der Waals surface area contributed by atoms with Crippen LogP contribution in [-0.4, -0.2) is 75.8 Å². The summed E-state index contributed by atoms with van der Waals surface area (Å²) in [4.78, 5) is 44.8. The molecular formula is C30H34N6O6. The lowest BCUT2D eigenvalue weighted by atomic mass is 10.1. The molecule has 1 aromatic heterocycles. The first kappa shape index (κ1) is 27.6. The van der Waals surface area contributed by atoms with Crippen LogP contribution < -0.4 is 24.8 Å². The number of carbonyl (C=O) groups is 3. The Kier molecular flexibility index (Phi) is 8.20. The molecule has 7 rings (SSSR count). The molecular weight excluding hydrogens is 540 g/mol. The molecule has 0 spiro atoms. The molecule has 2 aromatic carbocycles. The lowest BCUT2D eigenvalue weighted by Crippen LogP contribution is -2.45. The molecule has 1 saturated carbocycles. The van der Waals surface area contributed by atoms with E-state index in [1.165, 1.54) is 6.33 Å². The van der Waals surface area contributed by atoms with Gasteiger partial charge in [-0.3, -0.25) is 19.1 Å². The van der Waals surface area contributed by atoms with Gasteiger partial charge in [0.2, 0.25) is 5.91 Å². The van der Waals surface area contributed by atoms with Crippen LogP contribution in [0, 0.1) is 5.92 Å². The lowest BCUT2D eigenvalue weighted by molar-refractivity contribution is -0.130. The Hall–Kier alpha value is -4.61. The van der Waals surface area contributed by atoms with Gasteiger partial charge in [0.15, 0.2) is 6.61 Å². The van der Waals surface area contributed by atoms with Crippen molar-refractivity contribution in [1.82, 2.24) is 30.3 Å². The average molecular weight is 575 g/mol. The third kappa shape index (κ3) is 7.17. The van der Waals surface area contributed by atoms with Crippen molar-refractivity contribution in [2.24, 2.45) is 5.92 Å². The molecule has 220 valence electrons. The summed E-state index contributed by atoms with van der Waals surface area (Å²) in [6, 6.07) is 11.9. The normalized spacial score (nSPS) is 20.5. The van der Waals surface area contributed by atoms with Gasteiger partial charge in [-0.25, -0.2) is 4.98 Å². The predicted molar refractivity (Wildman–Crippen MR) is 150 cm³/mol. The number of amides is 3. The van der Waals surface area contributed by atoms with E-state index in [0.29, 0.717) is 74.4 Å². The van der Waals surface area contributed by atoms with Gasteiger partial charge < -0.3 is 29.7 Å². The van der Waals surface area contributed by atoms with Gasteiger partial charge in [-0.15, -0.1) is 0 Å². The zero-order chi connectivity index (χ0) is 28.9. The maximum absolute atomic E-state index is 13.6.